The van der Waals surface area contributed by atoms with Crippen LogP contribution in [0.4, 0.5) is 8.78 Å². The summed E-state index contributed by atoms with van der Waals surface area (Å²) in [5.41, 5.74) is 7.23. The number of nitrogens with zero attached hydrogens (tertiary/aromatic N) is 2. The normalized spacial score (nSPS) is 16.3. The molecule has 0 atom stereocenters. The van der Waals surface area contributed by atoms with E-state index in [2.05, 4.69) is 4.99 Å². The van der Waals surface area contributed by atoms with E-state index in [9.17, 15) is 18.4 Å². The molecule has 27 heavy (non-hydrogen) atoms. The molecule has 0 unspecified atom stereocenters. The van der Waals surface area contributed by atoms with Crippen LogP contribution in [0.15, 0.2) is 34.8 Å². The molecule has 0 aliphatic carbocycles. The molecule has 2 aliphatic rings. The van der Waals surface area contributed by atoms with Gasteiger partial charge < -0.3 is 15.4 Å². The summed E-state index contributed by atoms with van der Waals surface area (Å²) in [5, 5.41) is 0. The van der Waals surface area contributed by atoms with E-state index in [0.29, 0.717) is 30.8 Å². The zero-order valence-corrected chi connectivity index (χ0v) is 14.8. The molecule has 1 aromatic rings. The van der Waals surface area contributed by atoms with Crippen LogP contribution in [0.5, 0.6) is 5.75 Å². The molecule has 1 fully saturated rings. The van der Waals surface area contributed by atoms with Crippen LogP contribution in [0.3, 0.4) is 0 Å². The lowest BCUT2D eigenvalue weighted by Crippen LogP contribution is -2.28. The summed E-state index contributed by atoms with van der Waals surface area (Å²) in [6.45, 7) is 0.687. The molecule has 2 aliphatic heterocycles. The number of likely N-dealkylation sites (tertiary alicyclic amines) is 1. The zero-order valence-electron chi connectivity index (χ0n) is 14.8. The maximum absolute atomic E-state index is 12.6. The summed E-state index contributed by atoms with van der Waals surface area (Å²) in [4.78, 5) is 29.6. The van der Waals surface area contributed by atoms with Crippen LogP contribution in [0.1, 0.15) is 30.4 Å². The number of ether oxygens (including phenoxy) is 1. The Labute approximate surface area is 155 Å². The minimum atomic E-state index is -1.84. The van der Waals surface area contributed by atoms with Gasteiger partial charge in [0.25, 0.3) is 6.08 Å². The lowest BCUT2D eigenvalue weighted by Gasteiger charge is -2.20. The highest BCUT2D eigenvalue weighted by atomic mass is 19.3. The van der Waals surface area contributed by atoms with Crippen molar-refractivity contribution in [3.8, 4) is 5.75 Å². The van der Waals surface area contributed by atoms with Crippen molar-refractivity contribution in [3.05, 3.63) is 41.0 Å². The molecule has 0 aromatic heterocycles. The minimum Gasteiger partial charge on any atom is -0.489 e. The molecular weight excluding hydrogens is 356 g/mol. The van der Waals surface area contributed by atoms with Gasteiger partial charge in [0, 0.05) is 43.6 Å². The molecule has 2 N–H and O–H groups in total. The largest absolute Gasteiger partial charge is 0.489 e. The van der Waals surface area contributed by atoms with Crippen molar-refractivity contribution in [2.24, 2.45) is 10.7 Å². The van der Waals surface area contributed by atoms with E-state index in [1.54, 1.807) is 23.1 Å². The molecule has 1 aromatic carbocycles. The van der Waals surface area contributed by atoms with Gasteiger partial charge in [-0.3, -0.25) is 9.59 Å². The fourth-order valence-corrected chi connectivity index (χ4v) is 3.23. The van der Waals surface area contributed by atoms with Crippen molar-refractivity contribution in [2.75, 3.05) is 26.2 Å². The Morgan fingerprint density at radius 1 is 1.30 bits per heavy atom. The van der Waals surface area contributed by atoms with E-state index >= 15 is 0 Å². The summed E-state index contributed by atoms with van der Waals surface area (Å²) in [5.74, 6) is 0.259. The van der Waals surface area contributed by atoms with E-state index in [-0.39, 0.29) is 37.0 Å². The molecule has 2 heterocycles. The van der Waals surface area contributed by atoms with E-state index in [1.165, 1.54) is 0 Å². The van der Waals surface area contributed by atoms with E-state index in [1.807, 2.05) is 0 Å². The molecule has 3 rings (SSSR count). The number of hydrogen-bond donors (Lipinski definition) is 1. The van der Waals surface area contributed by atoms with Crippen molar-refractivity contribution in [1.29, 1.82) is 0 Å². The van der Waals surface area contributed by atoms with Crippen molar-refractivity contribution < 1.29 is 23.1 Å². The first-order valence-corrected chi connectivity index (χ1v) is 8.85. The predicted octanol–water partition coefficient (Wildman–Crippen LogP) is 2.06. The SMILES string of the molecule is NCC(COc1ccc2c(c1)CC(=O)N=C2CCN1CCCC1=O)=C(F)F. The maximum atomic E-state index is 12.6. The number of fused-ring (bicyclic) bond motifs is 1. The van der Waals surface area contributed by atoms with Crippen LogP contribution < -0.4 is 10.5 Å². The van der Waals surface area contributed by atoms with Gasteiger partial charge in [0.2, 0.25) is 11.8 Å². The predicted molar refractivity (Wildman–Crippen MR) is 95.9 cm³/mol. The van der Waals surface area contributed by atoms with Gasteiger partial charge in [-0.1, -0.05) is 0 Å². The monoisotopic (exact) mass is 377 g/mol. The number of carbonyl (C=O) groups excluding carboxylic acids is 2. The fraction of sp³-hybridized carbons (Fsp3) is 0.421. The molecule has 1 saturated heterocycles. The highest BCUT2D eigenvalue weighted by molar-refractivity contribution is 6.11. The Bertz CT molecular complexity index is 816. The number of amides is 2. The second-order valence-electron chi connectivity index (χ2n) is 6.54. The quantitative estimate of drug-likeness (QED) is 0.788. The molecule has 0 radical (unpaired) electrons. The standard InChI is InChI=1S/C19H21F2N3O3/c20-19(21)13(10-22)11-27-14-3-4-15-12(8-14)9-17(25)23-16(15)5-7-24-6-1-2-18(24)26/h3-4,8H,1-2,5-7,9-11,22H2. The van der Waals surface area contributed by atoms with E-state index < -0.39 is 6.08 Å². The Hall–Kier alpha value is -2.61. The summed E-state index contributed by atoms with van der Waals surface area (Å²) in [6, 6.07) is 5.11. The first kappa shape index (κ1) is 19.2. The second kappa shape index (κ2) is 8.39. The van der Waals surface area contributed by atoms with Gasteiger partial charge in [0.1, 0.15) is 12.4 Å². The molecule has 0 saturated carbocycles. The van der Waals surface area contributed by atoms with Crippen LogP contribution in [-0.4, -0.2) is 48.7 Å². The van der Waals surface area contributed by atoms with Gasteiger partial charge in [-0.15, -0.1) is 0 Å². The van der Waals surface area contributed by atoms with Gasteiger partial charge in [-0.05, 0) is 30.2 Å². The molecule has 8 heteroatoms. The Morgan fingerprint density at radius 3 is 2.78 bits per heavy atom. The molecule has 0 bridgehead atoms. The Kier molecular flexibility index (Phi) is 5.95. The molecule has 6 nitrogen and oxygen atoms in total. The third-order valence-corrected chi connectivity index (χ3v) is 4.71. The van der Waals surface area contributed by atoms with Crippen molar-refractivity contribution in [1.82, 2.24) is 4.90 Å². The van der Waals surface area contributed by atoms with Crippen LogP contribution in [0.2, 0.25) is 0 Å². The number of rotatable bonds is 7. The summed E-state index contributed by atoms with van der Waals surface area (Å²) < 4.78 is 30.7. The Morgan fingerprint density at radius 2 is 2.11 bits per heavy atom. The summed E-state index contributed by atoms with van der Waals surface area (Å²) >= 11 is 0. The first-order valence-electron chi connectivity index (χ1n) is 8.85. The van der Waals surface area contributed by atoms with Gasteiger partial charge >= 0.3 is 0 Å². The number of hydrogen-bond acceptors (Lipinski definition) is 4. The number of carbonyl (C=O) groups is 2. The summed E-state index contributed by atoms with van der Waals surface area (Å²) in [6.07, 6.45) is 0.228. The Balaban J connectivity index is 1.71. The van der Waals surface area contributed by atoms with Crippen LogP contribution >= 0.6 is 0 Å². The third-order valence-electron chi connectivity index (χ3n) is 4.71. The van der Waals surface area contributed by atoms with Crippen molar-refractivity contribution >= 4 is 17.5 Å². The summed E-state index contributed by atoms with van der Waals surface area (Å²) in [7, 11) is 0. The molecular formula is C19H21F2N3O3. The topological polar surface area (TPSA) is 85.0 Å². The average molecular weight is 377 g/mol. The van der Waals surface area contributed by atoms with Crippen LogP contribution in [0, 0.1) is 0 Å². The highest BCUT2D eigenvalue weighted by Crippen LogP contribution is 2.25. The van der Waals surface area contributed by atoms with Gasteiger partial charge in [-0.25, -0.2) is 4.99 Å². The second-order valence-corrected chi connectivity index (χ2v) is 6.54. The first-order chi connectivity index (χ1) is 13.0. The van der Waals surface area contributed by atoms with E-state index in [4.69, 9.17) is 10.5 Å². The highest BCUT2D eigenvalue weighted by Gasteiger charge is 2.23. The fourth-order valence-electron chi connectivity index (χ4n) is 3.23. The van der Waals surface area contributed by atoms with Gasteiger partial charge in [0.05, 0.1) is 12.1 Å². The smallest absolute Gasteiger partial charge is 0.274 e. The van der Waals surface area contributed by atoms with Crippen LogP contribution in [0.25, 0.3) is 0 Å². The van der Waals surface area contributed by atoms with Crippen molar-refractivity contribution in [2.45, 2.75) is 25.7 Å². The van der Waals surface area contributed by atoms with Crippen LogP contribution in [-0.2, 0) is 16.0 Å². The maximum Gasteiger partial charge on any atom is 0.274 e. The third kappa shape index (κ3) is 4.57. The van der Waals surface area contributed by atoms with E-state index in [0.717, 1.165) is 24.1 Å². The number of nitrogens with two attached hydrogens (primary N) is 1. The molecule has 0 spiro atoms. The lowest BCUT2D eigenvalue weighted by atomic mass is 9.95. The van der Waals surface area contributed by atoms with Gasteiger partial charge in [-0.2, -0.15) is 8.78 Å². The molecule has 2 amide bonds. The zero-order chi connectivity index (χ0) is 19.4. The van der Waals surface area contributed by atoms with Gasteiger partial charge in [0.15, 0.2) is 0 Å². The lowest BCUT2D eigenvalue weighted by molar-refractivity contribution is -0.127. The average Bonchev–Trinajstić information content (AvgIpc) is 3.04. The minimum absolute atomic E-state index is 0.130. The number of halogens is 2. The number of aliphatic imine (C=N–C) groups is 1. The molecule has 144 valence electrons. The van der Waals surface area contributed by atoms with Crippen molar-refractivity contribution in [3.63, 3.8) is 0 Å². The number of benzene rings is 1.